The second kappa shape index (κ2) is 7.97. The molecule has 6 nitrogen and oxygen atoms in total. The van der Waals surface area contributed by atoms with Gasteiger partial charge in [-0.3, -0.25) is 4.98 Å². The number of aromatic nitrogens is 5. The van der Waals surface area contributed by atoms with Crippen molar-refractivity contribution in [1.82, 2.24) is 25.6 Å². The Morgan fingerprint density at radius 1 is 1.00 bits per heavy atom. The minimum atomic E-state index is 0. The molecule has 0 aliphatic rings. The van der Waals surface area contributed by atoms with Gasteiger partial charge in [0.05, 0.1) is 6.26 Å². The number of halogens is 1. The van der Waals surface area contributed by atoms with Crippen molar-refractivity contribution in [3.05, 3.63) is 71.2 Å². The minimum Gasteiger partial charge on any atom is -0.464 e. The van der Waals surface area contributed by atoms with Crippen LogP contribution in [0.5, 0.6) is 0 Å². The monoisotopic (exact) mass is 379 g/mol. The molecule has 4 aromatic rings. The molecule has 27 heavy (non-hydrogen) atoms. The van der Waals surface area contributed by atoms with Gasteiger partial charge in [-0.15, -0.1) is 22.6 Å². The van der Waals surface area contributed by atoms with Gasteiger partial charge >= 0.3 is 0 Å². The summed E-state index contributed by atoms with van der Waals surface area (Å²) in [6.45, 7) is 4.21. The van der Waals surface area contributed by atoms with Gasteiger partial charge in [0.15, 0.2) is 0 Å². The van der Waals surface area contributed by atoms with Gasteiger partial charge in [0.2, 0.25) is 5.82 Å². The zero-order valence-corrected chi connectivity index (χ0v) is 15.7. The maximum atomic E-state index is 5.50. The predicted molar refractivity (Wildman–Crippen MR) is 107 cm³/mol. The number of nitrogens with zero attached hydrogens (tertiary/aromatic N) is 4. The zero-order chi connectivity index (χ0) is 17.9. The highest BCUT2D eigenvalue weighted by Crippen LogP contribution is 2.27. The van der Waals surface area contributed by atoms with Crippen molar-refractivity contribution in [2.45, 2.75) is 13.8 Å². The summed E-state index contributed by atoms with van der Waals surface area (Å²) in [6.07, 6.45) is 9.36. The third-order valence-electron chi connectivity index (χ3n) is 4.20. The lowest BCUT2D eigenvalue weighted by Gasteiger charge is -2.08. The molecule has 0 unspecified atom stereocenters. The normalized spacial score (nSPS) is 10.9. The Balaban J connectivity index is 0.00000210. The summed E-state index contributed by atoms with van der Waals surface area (Å²) in [5.41, 5.74) is 6.45. The van der Waals surface area contributed by atoms with Crippen LogP contribution in [0.4, 0.5) is 0 Å². The Bertz CT molecular complexity index is 1030. The van der Waals surface area contributed by atoms with Crippen LogP contribution < -0.4 is 0 Å². The van der Waals surface area contributed by atoms with E-state index in [-0.39, 0.29) is 12.4 Å². The summed E-state index contributed by atoms with van der Waals surface area (Å²) < 4.78 is 5.50. The molecule has 1 aromatic carbocycles. The van der Waals surface area contributed by atoms with Gasteiger partial charge in [-0.1, -0.05) is 12.2 Å². The van der Waals surface area contributed by atoms with Crippen molar-refractivity contribution in [2.75, 3.05) is 0 Å². The smallest absolute Gasteiger partial charge is 0.206 e. The van der Waals surface area contributed by atoms with E-state index < -0.39 is 0 Å². The molecule has 0 spiro atoms. The fourth-order valence-electron chi connectivity index (χ4n) is 2.96. The lowest BCUT2D eigenvalue weighted by molar-refractivity contribution is 0.582. The topological polar surface area (TPSA) is 80.5 Å². The number of aromatic amines is 1. The molecular formula is C20H18ClN5O. The third kappa shape index (κ3) is 3.96. The molecule has 3 heterocycles. The number of hydrogen-bond acceptors (Lipinski definition) is 5. The summed E-state index contributed by atoms with van der Waals surface area (Å²) in [4.78, 5) is 4.26. The Morgan fingerprint density at radius 3 is 2.48 bits per heavy atom. The molecule has 1 N–H and O–H groups in total. The van der Waals surface area contributed by atoms with E-state index in [1.807, 2.05) is 30.5 Å². The number of tetrazole rings is 1. The lowest BCUT2D eigenvalue weighted by Crippen LogP contribution is -1.89. The van der Waals surface area contributed by atoms with Crippen LogP contribution in [0.3, 0.4) is 0 Å². The Hall–Kier alpha value is -3.25. The van der Waals surface area contributed by atoms with Crippen LogP contribution in [-0.2, 0) is 0 Å². The van der Waals surface area contributed by atoms with Crippen molar-refractivity contribution in [2.24, 2.45) is 0 Å². The van der Waals surface area contributed by atoms with Crippen molar-refractivity contribution in [3.8, 4) is 22.7 Å². The molecule has 0 saturated heterocycles. The molecule has 0 aliphatic heterocycles. The van der Waals surface area contributed by atoms with E-state index in [1.165, 1.54) is 16.7 Å². The van der Waals surface area contributed by atoms with Gasteiger partial charge < -0.3 is 4.42 Å². The molecular weight excluding hydrogens is 362 g/mol. The Labute approximate surface area is 162 Å². The van der Waals surface area contributed by atoms with E-state index in [4.69, 9.17) is 4.42 Å². The van der Waals surface area contributed by atoms with Crippen LogP contribution in [0.25, 0.3) is 34.9 Å². The van der Waals surface area contributed by atoms with Gasteiger partial charge in [0, 0.05) is 23.5 Å². The molecule has 0 bridgehead atoms. The number of benzene rings is 1. The molecule has 7 heteroatoms. The van der Waals surface area contributed by atoms with Crippen molar-refractivity contribution >= 4 is 24.6 Å². The number of hydrogen-bond donors (Lipinski definition) is 1. The van der Waals surface area contributed by atoms with Gasteiger partial charge in [-0.05, 0) is 71.6 Å². The highest BCUT2D eigenvalue weighted by molar-refractivity contribution is 5.85. The van der Waals surface area contributed by atoms with Gasteiger partial charge in [-0.25, -0.2) is 0 Å². The fourth-order valence-corrected chi connectivity index (χ4v) is 2.96. The van der Waals surface area contributed by atoms with Gasteiger partial charge in [0.1, 0.15) is 5.76 Å². The summed E-state index contributed by atoms with van der Waals surface area (Å²) in [5.74, 6) is 1.41. The first kappa shape index (κ1) is 18.5. The van der Waals surface area contributed by atoms with E-state index in [9.17, 15) is 0 Å². The highest BCUT2D eigenvalue weighted by Gasteiger charge is 2.07. The SMILES string of the molecule is Cc1cc(-c2ccco2)cc(C)c1/C=C/c1cncc(-c2nn[nH]n2)c1.Cl. The van der Waals surface area contributed by atoms with Gasteiger partial charge in [-0.2, -0.15) is 5.21 Å². The fraction of sp³-hybridized carbons (Fsp3) is 0.100. The zero-order valence-electron chi connectivity index (χ0n) is 14.9. The Morgan fingerprint density at radius 2 is 1.81 bits per heavy atom. The number of aryl methyl sites for hydroxylation is 2. The first-order valence-electron chi connectivity index (χ1n) is 8.23. The summed E-state index contributed by atoms with van der Waals surface area (Å²) in [5, 5.41) is 14.0. The van der Waals surface area contributed by atoms with E-state index in [0.29, 0.717) is 5.82 Å². The minimum absolute atomic E-state index is 0. The van der Waals surface area contributed by atoms with Crippen LogP contribution in [0.15, 0.2) is 53.4 Å². The quantitative estimate of drug-likeness (QED) is 0.554. The van der Waals surface area contributed by atoms with E-state index in [2.05, 4.69) is 57.7 Å². The lowest BCUT2D eigenvalue weighted by atomic mass is 9.97. The number of nitrogens with one attached hydrogen (secondary N) is 1. The second-order valence-corrected chi connectivity index (χ2v) is 6.08. The largest absolute Gasteiger partial charge is 0.464 e. The molecule has 136 valence electrons. The maximum absolute atomic E-state index is 5.50. The number of H-pyrrole nitrogens is 1. The van der Waals surface area contributed by atoms with Crippen LogP contribution in [0, 0.1) is 13.8 Å². The van der Waals surface area contributed by atoms with E-state index >= 15 is 0 Å². The molecule has 0 saturated carbocycles. The van der Waals surface area contributed by atoms with E-state index in [1.54, 1.807) is 12.5 Å². The van der Waals surface area contributed by atoms with Crippen LogP contribution in [0.1, 0.15) is 22.3 Å². The summed E-state index contributed by atoms with van der Waals surface area (Å²) >= 11 is 0. The van der Waals surface area contributed by atoms with Crippen LogP contribution in [0.2, 0.25) is 0 Å². The van der Waals surface area contributed by atoms with Crippen LogP contribution >= 0.6 is 12.4 Å². The number of furan rings is 1. The molecule has 4 rings (SSSR count). The van der Waals surface area contributed by atoms with Crippen molar-refractivity contribution < 1.29 is 4.42 Å². The Kier molecular flexibility index (Phi) is 5.47. The molecule has 0 atom stereocenters. The molecule has 0 radical (unpaired) electrons. The number of pyridine rings is 1. The van der Waals surface area contributed by atoms with Crippen molar-refractivity contribution in [1.29, 1.82) is 0 Å². The van der Waals surface area contributed by atoms with Crippen LogP contribution in [-0.4, -0.2) is 25.6 Å². The average molecular weight is 380 g/mol. The summed E-state index contributed by atoms with van der Waals surface area (Å²) in [7, 11) is 0. The van der Waals surface area contributed by atoms with E-state index in [0.717, 1.165) is 22.5 Å². The summed E-state index contributed by atoms with van der Waals surface area (Å²) in [6, 6.07) is 10.1. The maximum Gasteiger partial charge on any atom is 0.206 e. The predicted octanol–water partition coefficient (Wildman–Crippen LogP) is 4.73. The second-order valence-electron chi connectivity index (χ2n) is 6.08. The third-order valence-corrected chi connectivity index (χ3v) is 4.20. The molecule has 0 aliphatic carbocycles. The van der Waals surface area contributed by atoms with Crippen molar-refractivity contribution in [3.63, 3.8) is 0 Å². The first-order chi connectivity index (χ1) is 12.7. The standard InChI is InChI=1S/C20H17N5O.ClH/c1-13-8-16(19-4-3-7-26-19)9-14(2)18(13)6-5-15-10-17(12-21-11-15)20-22-24-25-23-20;/h3-12H,1-2H3,(H,22,23,24,25);1H/b6-5+;. The highest BCUT2D eigenvalue weighted by atomic mass is 35.5. The average Bonchev–Trinajstić information content (AvgIpc) is 3.35. The van der Waals surface area contributed by atoms with Gasteiger partial charge in [0.25, 0.3) is 0 Å². The first-order valence-corrected chi connectivity index (χ1v) is 8.23. The molecule has 0 fully saturated rings. The number of rotatable bonds is 4. The molecule has 0 amide bonds. The molecule has 3 aromatic heterocycles.